The first-order chi connectivity index (χ1) is 9.61. The van der Waals surface area contributed by atoms with Crippen LogP contribution in [-0.4, -0.2) is 6.54 Å². The highest BCUT2D eigenvalue weighted by molar-refractivity contribution is 5.23. The Bertz CT molecular complexity index is 433. The van der Waals surface area contributed by atoms with E-state index in [4.69, 9.17) is 0 Å². The molecule has 0 saturated heterocycles. The van der Waals surface area contributed by atoms with Crippen molar-refractivity contribution >= 4 is 0 Å². The first-order valence-electron chi connectivity index (χ1n) is 7.80. The van der Waals surface area contributed by atoms with Crippen molar-refractivity contribution in [3.63, 3.8) is 0 Å². The SMILES string of the molecule is CCCNC(c1ccc(F)cc1F)C1CCCC(C)C1. The fourth-order valence-electron chi connectivity index (χ4n) is 3.37. The summed E-state index contributed by atoms with van der Waals surface area (Å²) in [6, 6.07) is 3.99. The molecule has 20 heavy (non-hydrogen) atoms. The Morgan fingerprint density at radius 1 is 1.30 bits per heavy atom. The van der Waals surface area contributed by atoms with Crippen molar-refractivity contribution in [3.05, 3.63) is 35.4 Å². The van der Waals surface area contributed by atoms with E-state index in [0.29, 0.717) is 17.4 Å². The van der Waals surface area contributed by atoms with Crippen molar-refractivity contribution in [2.75, 3.05) is 6.54 Å². The van der Waals surface area contributed by atoms with E-state index in [1.807, 2.05) is 0 Å². The molecule has 3 heteroatoms. The third-order valence-corrected chi connectivity index (χ3v) is 4.36. The quantitative estimate of drug-likeness (QED) is 0.815. The Kier molecular flexibility index (Phi) is 5.53. The predicted octanol–water partition coefficient (Wildman–Crippen LogP) is 4.83. The fraction of sp³-hybridized carbons (Fsp3) is 0.647. The summed E-state index contributed by atoms with van der Waals surface area (Å²) in [5, 5.41) is 3.47. The van der Waals surface area contributed by atoms with Gasteiger partial charge in [0.1, 0.15) is 11.6 Å². The maximum Gasteiger partial charge on any atom is 0.130 e. The maximum atomic E-state index is 14.1. The molecule has 1 aromatic carbocycles. The van der Waals surface area contributed by atoms with Crippen molar-refractivity contribution in [1.82, 2.24) is 5.32 Å². The molecule has 0 bridgehead atoms. The Hall–Kier alpha value is -0.960. The summed E-state index contributed by atoms with van der Waals surface area (Å²) in [6.07, 6.45) is 5.74. The smallest absolute Gasteiger partial charge is 0.130 e. The molecule has 2 rings (SSSR count). The summed E-state index contributed by atoms with van der Waals surface area (Å²) in [5.74, 6) is 0.225. The van der Waals surface area contributed by atoms with Gasteiger partial charge in [0, 0.05) is 17.7 Å². The van der Waals surface area contributed by atoms with Crippen LogP contribution in [0.15, 0.2) is 18.2 Å². The van der Waals surface area contributed by atoms with Gasteiger partial charge in [0.15, 0.2) is 0 Å². The molecule has 3 unspecified atom stereocenters. The molecule has 0 heterocycles. The lowest BCUT2D eigenvalue weighted by molar-refractivity contribution is 0.220. The largest absolute Gasteiger partial charge is 0.310 e. The Morgan fingerprint density at radius 3 is 2.75 bits per heavy atom. The molecule has 0 radical (unpaired) electrons. The highest BCUT2D eigenvalue weighted by atomic mass is 19.1. The minimum Gasteiger partial charge on any atom is -0.310 e. The van der Waals surface area contributed by atoms with Crippen molar-refractivity contribution in [2.24, 2.45) is 11.8 Å². The van der Waals surface area contributed by atoms with E-state index in [0.717, 1.165) is 31.9 Å². The highest BCUT2D eigenvalue weighted by Crippen LogP contribution is 2.37. The lowest BCUT2D eigenvalue weighted by atomic mass is 9.76. The normalized spacial score (nSPS) is 24.6. The number of benzene rings is 1. The molecule has 0 spiro atoms. The van der Waals surface area contributed by atoms with Gasteiger partial charge in [0.2, 0.25) is 0 Å². The zero-order valence-corrected chi connectivity index (χ0v) is 12.5. The van der Waals surface area contributed by atoms with Gasteiger partial charge in [-0.3, -0.25) is 0 Å². The Morgan fingerprint density at radius 2 is 2.10 bits per heavy atom. The van der Waals surface area contributed by atoms with Gasteiger partial charge in [0.05, 0.1) is 0 Å². The fourth-order valence-corrected chi connectivity index (χ4v) is 3.37. The number of hydrogen-bond donors (Lipinski definition) is 1. The van der Waals surface area contributed by atoms with Crippen molar-refractivity contribution in [1.29, 1.82) is 0 Å². The van der Waals surface area contributed by atoms with E-state index in [9.17, 15) is 8.78 Å². The van der Waals surface area contributed by atoms with Crippen molar-refractivity contribution in [3.8, 4) is 0 Å². The van der Waals surface area contributed by atoms with Crippen LogP contribution in [0.2, 0.25) is 0 Å². The monoisotopic (exact) mass is 281 g/mol. The predicted molar refractivity (Wildman–Crippen MR) is 78.5 cm³/mol. The standard InChI is InChI=1S/C17H25F2N/c1-3-9-20-17(13-6-4-5-12(2)10-13)15-8-7-14(18)11-16(15)19/h7-8,11-13,17,20H,3-6,9-10H2,1-2H3. The van der Waals surface area contributed by atoms with Crippen LogP contribution in [0.3, 0.4) is 0 Å². The third kappa shape index (κ3) is 3.78. The molecule has 1 aromatic rings. The minimum atomic E-state index is -0.502. The number of hydrogen-bond acceptors (Lipinski definition) is 1. The summed E-state index contributed by atoms with van der Waals surface area (Å²) in [7, 11) is 0. The maximum absolute atomic E-state index is 14.1. The van der Waals surface area contributed by atoms with Crippen LogP contribution in [-0.2, 0) is 0 Å². The molecular weight excluding hydrogens is 256 g/mol. The lowest BCUT2D eigenvalue weighted by Crippen LogP contribution is -2.32. The van der Waals surface area contributed by atoms with E-state index in [-0.39, 0.29) is 6.04 Å². The van der Waals surface area contributed by atoms with Gasteiger partial charge in [-0.1, -0.05) is 32.8 Å². The summed E-state index contributed by atoms with van der Waals surface area (Å²) in [6.45, 7) is 5.24. The molecular formula is C17H25F2N. The second-order valence-corrected chi connectivity index (χ2v) is 6.13. The van der Waals surface area contributed by atoms with E-state index >= 15 is 0 Å². The zero-order valence-electron chi connectivity index (χ0n) is 12.5. The summed E-state index contributed by atoms with van der Waals surface area (Å²) in [4.78, 5) is 0. The van der Waals surface area contributed by atoms with Gasteiger partial charge in [0.25, 0.3) is 0 Å². The molecule has 112 valence electrons. The third-order valence-electron chi connectivity index (χ3n) is 4.36. The van der Waals surface area contributed by atoms with Gasteiger partial charge in [-0.2, -0.15) is 0 Å². The summed E-state index contributed by atoms with van der Waals surface area (Å²) in [5.41, 5.74) is 0.624. The molecule has 0 aliphatic heterocycles. The lowest BCUT2D eigenvalue weighted by Gasteiger charge is -2.34. The van der Waals surface area contributed by atoms with E-state index in [2.05, 4.69) is 19.2 Å². The zero-order chi connectivity index (χ0) is 14.5. The second kappa shape index (κ2) is 7.16. The topological polar surface area (TPSA) is 12.0 Å². The van der Waals surface area contributed by atoms with Crippen LogP contribution in [0.1, 0.15) is 57.6 Å². The molecule has 1 aliphatic carbocycles. The second-order valence-electron chi connectivity index (χ2n) is 6.13. The molecule has 3 atom stereocenters. The molecule has 1 aliphatic rings. The van der Waals surface area contributed by atoms with Crippen LogP contribution in [0.25, 0.3) is 0 Å². The van der Waals surface area contributed by atoms with E-state index < -0.39 is 11.6 Å². The molecule has 0 amide bonds. The average molecular weight is 281 g/mol. The van der Waals surface area contributed by atoms with Gasteiger partial charge < -0.3 is 5.32 Å². The molecule has 1 fully saturated rings. The van der Waals surface area contributed by atoms with Crippen LogP contribution in [0.5, 0.6) is 0 Å². The molecule has 1 N–H and O–H groups in total. The van der Waals surface area contributed by atoms with Crippen LogP contribution in [0, 0.1) is 23.5 Å². The highest BCUT2D eigenvalue weighted by Gasteiger charge is 2.29. The molecule has 0 aromatic heterocycles. The van der Waals surface area contributed by atoms with E-state index in [1.54, 1.807) is 6.07 Å². The van der Waals surface area contributed by atoms with Crippen LogP contribution < -0.4 is 5.32 Å². The summed E-state index contributed by atoms with van der Waals surface area (Å²) >= 11 is 0. The first kappa shape index (κ1) is 15.4. The summed E-state index contributed by atoms with van der Waals surface area (Å²) < 4.78 is 27.2. The Labute approximate surface area is 120 Å². The van der Waals surface area contributed by atoms with Gasteiger partial charge in [-0.05, 0) is 43.7 Å². The van der Waals surface area contributed by atoms with Crippen LogP contribution in [0.4, 0.5) is 8.78 Å². The molecule has 1 nitrogen and oxygen atoms in total. The van der Waals surface area contributed by atoms with Crippen molar-refractivity contribution in [2.45, 2.75) is 52.0 Å². The minimum absolute atomic E-state index is 0.0123. The number of nitrogens with one attached hydrogen (secondary N) is 1. The van der Waals surface area contributed by atoms with Crippen LogP contribution >= 0.6 is 0 Å². The van der Waals surface area contributed by atoms with E-state index in [1.165, 1.54) is 18.9 Å². The Balaban J connectivity index is 2.21. The van der Waals surface area contributed by atoms with Gasteiger partial charge in [-0.25, -0.2) is 8.78 Å². The number of rotatable bonds is 5. The van der Waals surface area contributed by atoms with Crippen molar-refractivity contribution < 1.29 is 8.78 Å². The van der Waals surface area contributed by atoms with Gasteiger partial charge >= 0.3 is 0 Å². The first-order valence-corrected chi connectivity index (χ1v) is 7.80. The average Bonchev–Trinajstić information content (AvgIpc) is 2.41. The number of halogens is 2. The molecule has 1 saturated carbocycles. The van der Waals surface area contributed by atoms with Gasteiger partial charge in [-0.15, -0.1) is 0 Å².